The summed E-state index contributed by atoms with van der Waals surface area (Å²) < 4.78 is 0. The summed E-state index contributed by atoms with van der Waals surface area (Å²) in [5.74, 6) is -4.92. The van der Waals surface area contributed by atoms with Crippen molar-refractivity contribution >= 4 is 41.5 Å². The largest absolute Gasteiger partial charge is 0.508 e. The molecule has 6 atom stereocenters. The number of nitrogens with two attached hydrogens (primary N) is 1. The molecule has 3 aliphatic heterocycles. The Bertz CT molecular complexity index is 1470. The third-order valence-electron chi connectivity index (χ3n) is 9.80. The molecule has 3 saturated heterocycles. The molecule has 7 N–H and O–H groups in total. The number of phenols is 1. The minimum absolute atomic E-state index is 0.00841. The predicted octanol–water partition coefficient (Wildman–Crippen LogP) is 0.200. The predicted molar refractivity (Wildman–Crippen MR) is 182 cm³/mol. The van der Waals surface area contributed by atoms with Crippen LogP contribution in [0.25, 0.3) is 0 Å². The zero-order valence-electron chi connectivity index (χ0n) is 29.2. The molecule has 4 rings (SSSR count). The Morgan fingerprint density at radius 2 is 1.22 bits per heavy atom. The topological polar surface area (TPSA) is 240 Å². The van der Waals surface area contributed by atoms with Gasteiger partial charge in [-0.3, -0.25) is 28.8 Å². The molecule has 51 heavy (non-hydrogen) atoms. The van der Waals surface area contributed by atoms with E-state index in [-0.39, 0.29) is 57.0 Å². The number of nitrogens with one attached hydrogen (secondary N) is 2. The van der Waals surface area contributed by atoms with Gasteiger partial charge in [-0.2, -0.15) is 0 Å². The number of carboxylic acids is 2. The number of benzene rings is 1. The summed E-state index contributed by atoms with van der Waals surface area (Å²) in [4.78, 5) is 95.3. The van der Waals surface area contributed by atoms with E-state index in [1.807, 2.05) is 13.8 Å². The van der Waals surface area contributed by atoms with Crippen LogP contribution in [0.2, 0.25) is 0 Å². The van der Waals surface area contributed by atoms with Gasteiger partial charge in [-0.05, 0) is 75.0 Å². The molecule has 0 saturated carbocycles. The number of nitrogens with zero attached hydrogens (tertiary/aromatic N) is 3. The molecular weight excluding hydrogens is 664 g/mol. The lowest BCUT2D eigenvalue weighted by atomic mass is 10.0. The van der Waals surface area contributed by atoms with E-state index in [2.05, 4.69) is 10.6 Å². The van der Waals surface area contributed by atoms with Gasteiger partial charge in [-0.25, -0.2) is 4.79 Å². The Labute approximate surface area is 296 Å². The molecule has 0 aliphatic carbocycles. The Balaban J connectivity index is 1.52. The molecule has 0 aromatic heterocycles. The fourth-order valence-corrected chi connectivity index (χ4v) is 7.21. The number of rotatable bonds is 15. The lowest BCUT2D eigenvalue weighted by Gasteiger charge is -2.33. The van der Waals surface area contributed by atoms with Crippen molar-refractivity contribution in [3.8, 4) is 5.75 Å². The van der Waals surface area contributed by atoms with E-state index in [4.69, 9.17) is 10.8 Å². The summed E-state index contributed by atoms with van der Waals surface area (Å²) in [7, 11) is 0. The standard InChI is InChI=1S/C35H50N6O10/c1-20(2)18-24(33(48)41-17-5-8-28(41)35(50)51)37-31(46)27-7-4-16-40(27)34(49)25(19-21-9-11-22(42)12-10-21)38-30(45)26-6-3-15-39(26)32(47)23(36)13-14-29(43)44/h9-12,20,23-28,42H,3-8,13-19,36H2,1-2H3,(H,37,46)(H,38,45)(H,43,44)(H,50,51)/t23-,24-,25-,26-,27-,28-/m0/s1. The van der Waals surface area contributed by atoms with E-state index in [0.29, 0.717) is 44.1 Å². The monoisotopic (exact) mass is 714 g/mol. The van der Waals surface area contributed by atoms with Gasteiger partial charge in [-0.15, -0.1) is 0 Å². The van der Waals surface area contributed by atoms with E-state index in [1.54, 1.807) is 12.1 Å². The van der Waals surface area contributed by atoms with E-state index in [0.717, 1.165) is 0 Å². The van der Waals surface area contributed by atoms with Crippen LogP contribution in [0.3, 0.4) is 0 Å². The van der Waals surface area contributed by atoms with Gasteiger partial charge in [0.1, 0.15) is 36.0 Å². The maximum Gasteiger partial charge on any atom is 0.326 e. The smallest absolute Gasteiger partial charge is 0.326 e. The van der Waals surface area contributed by atoms with E-state index < -0.39 is 77.7 Å². The van der Waals surface area contributed by atoms with E-state index in [9.17, 15) is 43.8 Å². The lowest BCUT2D eigenvalue weighted by Crippen LogP contribution is -2.59. The third kappa shape index (κ3) is 9.96. The fraction of sp³-hybridized carbons (Fsp3) is 0.629. The second-order valence-corrected chi connectivity index (χ2v) is 14.1. The first-order chi connectivity index (χ1) is 24.2. The number of aliphatic carboxylic acids is 2. The number of hydrogen-bond acceptors (Lipinski definition) is 9. The maximum absolute atomic E-state index is 14.3. The zero-order valence-corrected chi connectivity index (χ0v) is 29.2. The molecule has 280 valence electrons. The molecule has 0 unspecified atom stereocenters. The molecule has 16 heteroatoms. The highest BCUT2D eigenvalue weighted by molar-refractivity contribution is 5.97. The van der Waals surface area contributed by atoms with Crippen LogP contribution in [0.15, 0.2) is 24.3 Å². The molecule has 5 amide bonds. The van der Waals surface area contributed by atoms with Gasteiger partial charge >= 0.3 is 11.9 Å². The highest BCUT2D eigenvalue weighted by Crippen LogP contribution is 2.25. The number of phenolic OH excluding ortho intramolecular Hbond substituents is 1. The quantitative estimate of drug-likeness (QED) is 0.143. The number of carbonyl (C=O) groups is 7. The number of aromatic hydroxyl groups is 1. The average molecular weight is 715 g/mol. The molecule has 16 nitrogen and oxygen atoms in total. The number of carboxylic acid groups (broad SMARTS) is 2. The van der Waals surface area contributed by atoms with Gasteiger partial charge in [0.05, 0.1) is 6.04 Å². The first-order valence-corrected chi connectivity index (χ1v) is 17.7. The molecule has 0 bridgehead atoms. The molecule has 0 spiro atoms. The minimum atomic E-state index is -1.16. The minimum Gasteiger partial charge on any atom is -0.508 e. The SMILES string of the molecule is CC(C)C[C@H](NC(=O)[C@@H]1CCCN1C(=O)[C@H](Cc1ccc(O)cc1)NC(=O)[C@@H]1CCCN1C(=O)[C@@H](N)CCC(=O)O)C(=O)N1CCC[C@H]1C(=O)O. The van der Waals surface area contributed by atoms with Crippen LogP contribution < -0.4 is 16.4 Å². The second kappa shape index (κ2) is 17.5. The number of hydrogen-bond donors (Lipinski definition) is 6. The molecule has 3 heterocycles. The van der Waals surface area contributed by atoms with Crippen molar-refractivity contribution in [2.75, 3.05) is 19.6 Å². The highest BCUT2D eigenvalue weighted by Gasteiger charge is 2.43. The Morgan fingerprint density at radius 3 is 1.73 bits per heavy atom. The summed E-state index contributed by atoms with van der Waals surface area (Å²) in [5, 5.41) is 34.1. The van der Waals surface area contributed by atoms with Crippen molar-refractivity contribution in [1.29, 1.82) is 0 Å². The van der Waals surface area contributed by atoms with Crippen LogP contribution in [0.1, 0.15) is 77.2 Å². The van der Waals surface area contributed by atoms with Crippen molar-refractivity contribution in [3.63, 3.8) is 0 Å². The summed E-state index contributed by atoms with van der Waals surface area (Å²) in [5.41, 5.74) is 6.59. The Morgan fingerprint density at radius 1 is 0.745 bits per heavy atom. The average Bonchev–Trinajstić information content (AvgIpc) is 3.87. The van der Waals surface area contributed by atoms with Crippen LogP contribution in [0.4, 0.5) is 0 Å². The van der Waals surface area contributed by atoms with Gasteiger partial charge in [0.2, 0.25) is 29.5 Å². The van der Waals surface area contributed by atoms with E-state index in [1.165, 1.54) is 26.8 Å². The van der Waals surface area contributed by atoms with Crippen LogP contribution in [0, 0.1) is 5.92 Å². The summed E-state index contributed by atoms with van der Waals surface area (Å²) in [6, 6.07) is -0.0264. The number of likely N-dealkylation sites (tertiary alicyclic amines) is 3. The normalized spacial score (nSPS) is 22.0. The van der Waals surface area contributed by atoms with Crippen molar-refractivity contribution < 1.29 is 48.9 Å². The summed E-state index contributed by atoms with van der Waals surface area (Å²) >= 11 is 0. The first-order valence-electron chi connectivity index (χ1n) is 17.7. The van der Waals surface area contributed by atoms with Crippen molar-refractivity contribution in [3.05, 3.63) is 29.8 Å². The van der Waals surface area contributed by atoms with Crippen molar-refractivity contribution in [1.82, 2.24) is 25.3 Å². The molecule has 1 aromatic rings. The zero-order chi connectivity index (χ0) is 37.4. The second-order valence-electron chi connectivity index (χ2n) is 14.1. The van der Waals surface area contributed by atoms with Crippen LogP contribution in [0.5, 0.6) is 5.75 Å². The molecule has 0 radical (unpaired) electrons. The molecule has 1 aromatic carbocycles. The molecule has 3 aliphatic rings. The lowest BCUT2D eigenvalue weighted by molar-refractivity contribution is -0.150. The fourth-order valence-electron chi connectivity index (χ4n) is 7.21. The maximum atomic E-state index is 14.3. The number of carbonyl (C=O) groups excluding carboxylic acids is 5. The van der Waals surface area contributed by atoms with Crippen LogP contribution in [-0.2, 0) is 40.0 Å². The highest BCUT2D eigenvalue weighted by atomic mass is 16.4. The molecule has 3 fully saturated rings. The van der Waals surface area contributed by atoms with Gasteiger partial charge in [0.25, 0.3) is 0 Å². The first kappa shape index (κ1) is 39.1. The van der Waals surface area contributed by atoms with Gasteiger partial charge < -0.3 is 46.4 Å². The van der Waals surface area contributed by atoms with Crippen LogP contribution in [-0.4, -0.2) is 127 Å². The van der Waals surface area contributed by atoms with E-state index >= 15 is 0 Å². The molecular formula is C35H50N6O10. The third-order valence-corrected chi connectivity index (χ3v) is 9.80. The van der Waals surface area contributed by atoms with Gasteiger partial charge in [-0.1, -0.05) is 26.0 Å². The van der Waals surface area contributed by atoms with Crippen LogP contribution >= 0.6 is 0 Å². The van der Waals surface area contributed by atoms with Gasteiger partial charge in [0, 0.05) is 32.5 Å². The summed E-state index contributed by atoms with van der Waals surface area (Å²) in [6.45, 7) is 4.49. The van der Waals surface area contributed by atoms with Crippen molar-refractivity contribution in [2.24, 2.45) is 11.7 Å². The van der Waals surface area contributed by atoms with Gasteiger partial charge in [0.15, 0.2) is 0 Å². The van der Waals surface area contributed by atoms with Crippen molar-refractivity contribution in [2.45, 2.75) is 114 Å². The number of amides is 5. The summed E-state index contributed by atoms with van der Waals surface area (Å²) in [6.07, 6.45) is 2.34. The Kier molecular flexibility index (Phi) is 13.4. The Hall–Kier alpha value is -4.73.